The topological polar surface area (TPSA) is 37.3 Å². The largest absolute Gasteiger partial charge is 0.481 e. The Morgan fingerprint density at radius 1 is 1.15 bits per heavy atom. The maximum absolute atomic E-state index is 13.4. The molecule has 4 heteroatoms. The molecule has 1 saturated carbocycles. The first-order chi connectivity index (χ1) is 9.28. The molecule has 0 aliphatic heterocycles. The maximum atomic E-state index is 13.4. The molecule has 0 bridgehead atoms. The molecule has 0 amide bonds. The van der Waals surface area contributed by atoms with Crippen molar-refractivity contribution in [3.05, 3.63) is 35.4 Å². The fourth-order valence-electron chi connectivity index (χ4n) is 3.08. The molecule has 1 aliphatic carbocycles. The standard InChI is InChI=1S/C16H20F2O2/c1-11(2)12-5-3-4-6-13(12)15(14(19)20)7-9-16(17,18)10-8-15/h3-6,11H,7-10H2,1-2H3,(H,19,20). The number of carbonyl (C=O) groups is 1. The van der Waals surface area contributed by atoms with Gasteiger partial charge in [0.05, 0.1) is 5.41 Å². The normalized spacial score (nSPS) is 20.9. The lowest BCUT2D eigenvalue weighted by atomic mass is 9.66. The van der Waals surface area contributed by atoms with E-state index in [1.807, 2.05) is 26.0 Å². The number of rotatable bonds is 3. The van der Waals surface area contributed by atoms with E-state index in [9.17, 15) is 18.7 Å². The SMILES string of the molecule is CC(C)c1ccccc1C1(C(=O)O)CCC(F)(F)CC1. The van der Waals surface area contributed by atoms with E-state index in [-0.39, 0.29) is 31.6 Å². The minimum Gasteiger partial charge on any atom is -0.481 e. The second-order valence-corrected chi connectivity index (χ2v) is 5.99. The highest BCUT2D eigenvalue weighted by Gasteiger charge is 2.49. The van der Waals surface area contributed by atoms with Crippen LogP contribution in [0, 0.1) is 0 Å². The van der Waals surface area contributed by atoms with Crippen LogP contribution in [-0.2, 0) is 10.2 Å². The summed E-state index contributed by atoms with van der Waals surface area (Å²) in [5, 5.41) is 9.67. The summed E-state index contributed by atoms with van der Waals surface area (Å²) in [5.41, 5.74) is 0.487. The van der Waals surface area contributed by atoms with Gasteiger partial charge >= 0.3 is 5.97 Å². The van der Waals surface area contributed by atoms with Gasteiger partial charge in [-0.25, -0.2) is 8.78 Å². The zero-order valence-electron chi connectivity index (χ0n) is 11.8. The summed E-state index contributed by atoms with van der Waals surface area (Å²) in [6.45, 7) is 3.98. The van der Waals surface area contributed by atoms with Gasteiger partial charge in [0, 0.05) is 12.8 Å². The van der Waals surface area contributed by atoms with E-state index in [0.29, 0.717) is 5.56 Å². The summed E-state index contributed by atoms with van der Waals surface area (Å²) in [6.07, 6.45) is -0.713. The van der Waals surface area contributed by atoms with Crippen LogP contribution in [0.25, 0.3) is 0 Å². The second-order valence-electron chi connectivity index (χ2n) is 5.99. The minimum absolute atomic E-state index is 0.000926. The van der Waals surface area contributed by atoms with Gasteiger partial charge in [0.15, 0.2) is 0 Å². The molecule has 0 saturated heterocycles. The third kappa shape index (κ3) is 2.56. The first-order valence-corrected chi connectivity index (χ1v) is 6.99. The summed E-state index contributed by atoms with van der Waals surface area (Å²) < 4.78 is 26.8. The highest BCUT2D eigenvalue weighted by atomic mass is 19.3. The highest BCUT2D eigenvalue weighted by Crippen LogP contribution is 2.47. The first-order valence-electron chi connectivity index (χ1n) is 6.99. The van der Waals surface area contributed by atoms with E-state index in [4.69, 9.17) is 0 Å². The Morgan fingerprint density at radius 3 is 2.20 bits per heavy atom. The zero-order chi connectivity index (χ0) is 15.0. The second kappa shape index (κ2) is 5.15. The lowest BCUT2D eigenvalue weighted by molar-refractivity contribution is -0.149. The molecular weight excluding hydrogens is 262 g/mol. The molecule has 1 aromatic rings. The van der Waals surface area contributed by atoms with Gasteiger partial charge < -0.3 is 5.11 Å². The van der Waals surface area contributed by atoms with E-state index in [0.717, 1.165) is 5.56 Å². The Balaban J connectivity index is 2.48. The van der Waals surface area contributed by atoms with Gasteiger partial charge in [0.2, 0.25) is 5.92 Å². The lowest BCUT2D eigenvalue weighted by Gasteiger charge is -2.38. The number of carboxylic acid groups (broad SMARTS) is 1. The average molecular weight is 282 g/mol. The third-order valence-electron chi connectivity index (χ3n) is 4.34. The molecule has 0 aromatic heterocycles. The van der Waals surface area contributed by atoms with Crippen molar-refractivity contribution in [3.63, 3.8) is 0 Å². The van der Waals surface area contributed by atoms with E-state index in [1.165, 1.54) is 0 Å². The van der Waals surface area contributed by atoms with Crippen LogP contribution in [0.15, 0.2) is 24.3 Å². The molecule has 110 valence electrons. The Bertz CT molecular complexity index is 499. The molecule has 2 rings (SSSR count). The Labute approximate surface area is 117 Å². The van der Waals surface area contributed by atoms with Gasteiger partial charge in [-0.3, -0.25) is 4.79 Å². The van der Waals surface area contributed by atoms with E-state index < -0.39 is 17.3 Å². The molecule has 0 unspecified atom stereocenters. The number of halogens is 2. The predicted octanol–water partition coefficient (Wildman–Crippen LogP) is 4.34. The number of aliphatic carboxylic acids is 1. The molecule has 20 heavy (non-hydrogen) atoms. The van der Waals surface area contributed by atoms with Crippen LogP contribution < -0.4 is 0 Å². The van der Waals surface area contributed by atoms with Crippen molar-refractivity contribution in [2.75, 3.05) is 0 Å². The Morgan fingerprint density at radius 2 is 1.70 bits per heavy atom. The Kier molecular flexibility index (Phi) is 3.85. The molecule has 1 N–H and O–H groups in total. The minimum atomic E-state index is -2.73. The zero-order valence-corrected chi connectivity index (χ0v) is 11.8. The summed E-state index contributed by atoms with van der Waals surface area (Å²) in [4.78, 5) is 11.8. The molecular formula is C16H20F2O2. The fourth-order valence-corrected chi connectivity index (χ4v) is 3.08. The van der Waals surface area contributed by atoms with Crippen LogP contribution in [-0.4, -0.2) is 17.0 Å². The fraction of sp³-hybridized carbons (Fsp3) is 0.562. The molecule has 1 fully saturated rings. The van der Waals surface area contributed by atoms with Crippen molar-refractivity contribution in [2.24, 2.45) is 0 Å². The average Bonchev–Trinajstić information content (AvgIpc) is 2.39. The molecule has 2 nitrogen and oxygen atoms in total. The number of hydrogen-bond acceptors (Lipinski definition) is 1. The van der Waals surface area contributed by atoms with Gasteiger partial charge in [-0.15, -0.1) is 0 Å². The molecule has 1 aliphatic rings. The van der Waals surface area contributed by atoms with Crippen molar-refractivity contribution in [2.45, 2.75) is 56.8 Å². The summed E-state index contributed by atoms with van der Waals surface area (Å²) in [5.74, 6) is -3.54. The molecule has 0 spiro atoms. The van der Waals surface area contributed by atoms with Crippen molar-refractivity contribution in [1.29, 1.82) is 0 Å². The predicted molar refractivity (Wildman–Crippen MR) is 73.3 cm³/mol. The van der Waals surface area contributed by atoms with Crippen LogP contribution in [0.3, 0.4) is 0 Å². The van der Waals surface area contributed by atoms with Gasteiger partial charge in [0.25, 0.3) is 0 Å². The van der Waals surface area contributed by atoms with Crippen LogP contribution in [0.4, 0.5) is 8.78 Å². The van der Waals surface area contributed by atoms with Crippen LogP contribution >= 0.6 is 0 Å². The van der Waals surface area contributed by atoms with Crippen molar-refractivity contribution >= 4 is 5.97 Å². The van der Waals surface area contributed by atoms with Crippen LogP contribution in [0.5, 0.6) is 0 Å². The smallest absolute Gasteiger partial charge is 0.314 e. The van der Waals surface area contributed by atoms with Crippen LogP contribution in [0.1, 0.15) is 56.6 Å². The summed E-state index contributed by atoms with van der Waals surface area (Å²) >= 11 is 0. The third-order valence-corrected chi connectivity index (χ3v) is 4.34. The van der Waals surface area contributed by atoms with Gasteiger partial charge in [-0.1, -0.05) is 38.1 Å². The monoisotopic (exact) mass is 282 g/mol. The Hall–Kier alpha value is -1.45. The van der Waals surface area contributed by atoms with Crippen molar-refractivity contribution in [3.8, 4) is 0 Å². The number of carboxylic acids is 1. The molecule has 0 atom stereocenters. The first kappa shape index (κ1) is 14.9. The summed E-state index contributed by atoms with van der Waals surface area (Å²) in [7, 11) is 0. The van der Waals surface area contributed by atoms with Gasteiger partial charge in [-0.05, 0) is 29.9 Å². The number of alkyl halides is 2. The van der Waals surface area contributed by atoms with Gasteiger partial charge in [-0.2, -0.15) is 0 Å². The van der Waals surface area contributed by atoms with Crippen LogP contribution in [0.2, 0.25) is 0 Å². The van der Waals surface area contributed by atoms with Gasteiger partial charge in [0.1, 0.15) is 0 Å². The molecule has 0 radical (unpaired) electrons. The van der Waals surface area contributed by atoms with E-state index >= 15 is 0 Å². The van der Waals surface area contributed by atoms with Crippen molar-refractivity contribution in [1.82, 2.24) is 0 Å². The highest BCUT2D eigenvalue weighted by molar-refractivity contribution is 5.82. The van der Waals surface area contributed by atoms with E-state index in [2.05, 4.69) is 0 Å². The number of benzene rings is 1. The quantitative estimate of drug-likeness (QED) is 0.895. The maximum Gasteiger partial charge on any atom is 0.314 e. The van der Waals surface area contributed by atoms with Crippen molar-refractivity contribution < 1.29 is 18.7 Å². The van der Waals surface area contributed by atoms with E-state index in [1.54, 1.807) is 12.1 Å². The number of hydrogen-bond donors (Lipinski definition) is 1. The molecule has 1 aromatic carbocycles. The molecule has 0 heterocycles. The summed E-state index contributed by atoms with van der Waals surface area (Å²) in [6, 6.07) is 7.34. The lowest BCUT2D eigenvalue weighted by Crippen LogP contribution is -2.43.